The molecule has 0 unspecified atom stereocenters. The Kier molecular flexibility index (Phi) is 6.20. The molecule has 1 N–H and O–H groups in total. The molecule has 0 saturated heterocycles. The van der Waals surface area contributed by atoms with Gasteiger partial charge in [-0.25, -0.2) is 12.8 Å². The van der Waals surface area contributed by atoms with E-state index in [-0.39, 0.29) is 18.9 Å². The number of carbonyl (C=O) groups excluding carboxylic acids is 1. The van der Waals surface area contributed by atoms with Crippen LogP contribution in [-0.4, -0.2) is 34.2 Å². The number of nitrogens with zero attached hydrogens (tertiary/aromatic N) is 1. The highest BCUT2D eigenvalue weighted by atomic mass is 32.2. The third-order valence-electron chi connectivity index (χ3n) is 3.69. The van der Waals surface area contributed by atoms with Gasteiger partial charge in [0, 0.05) is 6.54 Å². The van der Waals surface area contributed by atoms with Crippen LogP contribution in [0, 0.1) is 12.7 Å². The molecule has 6 nitrogen and oxygen atoms in total. The SMILES string of the molecule is COc1ccc(C)cc1N(CC(=O)NCc1ccc(F)cc1)S(C)(=O)=O. The summed E-state index contributed by atoms with van der Waals surface area (Å²) in [5, 5.41) is 2.63. The van der Waals surface area contributed by atoms with Crippen LogP contribution in [0.4, 0.5) is 10.1 Å². The van der Waals surface area contributed by atoms with Gasteiger partial charge in [0.15, 0.2) is 0 Å². The van der Waals surface area contributed by atoms with E-state index in [4.69, 9.17) is 4.74 Å². The molecule has 0 spiro atoms. The molecule has 2 aromatic rings. The molecule has 0 aliphatic heterocycles. The number of rotatable bonds is 7. The van der Waals surface area contributed by atoms with E-state index < -0.39 is 15.9 Å². The maximum atomic E-state index is 12.9. The third kappa shape index (κ3) is 5.19. The molecule has 0 saturated carbocycles. The predicted molar refractivity (Wildman–Crippen MR) is 98.2 cm³/mol. The Morgan fingerprint density at radius 2 is 1.85 bits per heavy atom. The fraction of sp³-hybridized carbons (Fsp3) is 0.278. The van der Waals surface area contributed by atoms with Crippen LogP contribution in [-0.2, 0) is 21.4 Å². The first-order valence-electron chi connectivity index (χ1n) is 7.84. The van der Waals surface area contributed by atoms with Crippen molar-refractivity contribution in [2.24, 2.45) is 0 Å². The smallest absolute Gasteiger partial charge is 0.241 e. The number of benzene rings is 2. The number of nitrogens with one attached hydrogen (secondary N) is 1. The number of sulfonamides is 1. The maximum Gasteiger partial charge on any atom is 0.241 e. The van der Waals surface area contributed by atoms with Crippen LogP contribution in [0.1, 0.15) is 11.1 Å². The van der Waals surface area contributed by atoms with Gasteiger partial charge in [-0.1, -0.05) is 18.2 Å². The van der Waals surface area contributed by atoms with Crippen LogP contribution in [0.25, 0.3) is 0 Å². The minimum atomic E-state index is -3.71. The number of aryl methyl sites for hydroxylation is 1. The van der Waals surface area contributed by atoms with E-state index in [0.29, 0.717) is 17.0 Å². The van der Waals surface area contributed by atoms with Crippen molar-refractivity contribution in [3.8, 4) is 5.75 Å². The van der Waals surface area contributed by atoms with Crippen molar-refractivity contribution in [1.29, 1.82) is 0 Å². The highest BCUT2D eigenvalue weighted by Crippen LogP contribution is 2.30. The molecular formula is C18H21FN2O4S. The highest BCUT2D eigenvalue weighted by Gasteiger charge is 2.24. The average molecular weight is 380 g/mol. The molecule has 8 heteroatoms. The number of hydrogen-bond acceptors (Lipinski definition) is 4. The average Bonchev–Trinajstić information content (AvgIpc) is 2.58. The van der Waals surface area contributed by atoms with Gasteiger partial charge in [0.1, 0.15) is 18.1 Å². The molecule has 0 bridgehead atoms. The van der Waals surface area contributed by atoms with E-state index in [0.717, 1.165) is 16.1 Å². The highest BCUT2D eigenvalue weighted by molar-refractivity contribution is 7.92. The number of ether oxygens (including phenoxy) is 1. The monoisotopic (exact) mass is 380 g/mol. The van der Waals surface area contributed by atoms with Crippen molar-refractivity contribution in [3.05, 3.63) is 59.4 Å². The van der Waals surface area contributed by atoms with Crippen molar-refractivity contribution in [3.63, 3.8) is 0 Å². The standard InChI is InChI=1S/C18H21FN2O4S/c1-13-4-9-17(25-2)16(10-13)21(26(3,23)24)12-18(22)20-11-14-5-7-15(19)8-6-14/h4-10H,11-12H2,1-3H3,(H,20,22). The fourth-order valence-corrected chi connectivity index (χ4v) is 3.22. The summed E-state index contributed by atoms with van der Waals surface area (Å²) in [6.45, 7) is 1.60. The number of methoxy groups -OCH3 is 1. The summed E-state index contributed by atoms with van der Waals surface area (Å²) in [4.78, 5) is 12.3. The van der Waals surface area contributed by atoms with E-state index in [2.05, 4.69) is 5.32 Å². The zero-order valence-corrected chi connectivity index (χ0v) is 15.6. The van der Waals surface area contributed by atoms with Gasteiger partial charge < -0.3 is 10.1 Å². The lowest BCUT2D eigenvalue weighted by Gasteiger charge is -2.24. The summed E-state index contributed by atoms with van der Waals surface area (Å²) in [6.07, 6.45) is 1.03. The van der Waals surface area contributed by atoms with Crippen molar-refractivity contribution >= 4 is 21.6 Å². The minimum Gasteiger partial charge on any atom is -0.495 e. The second-order valence-corrected chi connectivity index (χ2v) is 7.75. The fourth-order valence-electron chi connectivity index (χ4n) is 2.37. The Bertz CT molecular complexity index is 883. The van der Waals surface area contributed by atoms with Crippen LogP contribution in [0.3, 0.4) is 0 Å². The Labute approximate surface area is 152 Å². The Morgan fingerprint density at radius 3 is 2.42 bits per heavy atom. The van der Waals surface area contributed by atoms with Gasteiger partial charge in [0.05, 0.1) is 19.1 Å². The lowest BCUT2D eigenvalue weighted by atomic mass is 10.2. The number of amides is 1. The van der Waals surface area contributed by atoms with Gasteiger partial charge in [-0.2, -0.15) is 0 Å². The van der Waals surface area contributed by atoms with Gasteiger partial charge in [0.25, 0.3) is 0 Å². The van der Waals surface area contributed by atoms with Gasteiger partial charge in [0.2, 0.25) is 15.9 Å². The molecule has 140 valence electrons. The van der Waals surface area contributed by atoms with Gasteiger partial charge in [-0.3, -0.25) is 9.10 Å². The molecule has 0 heterocycles. The van der Waals surface area contributed by atoms with E-state index >= 15 is 0 Å². The number of anilines is 1. The molecule has 2 rings (SSSR count). The predicted octanol–water partition coefficient (Wildman–Crippen LogP) is 2.23. The van der Waals surface area contributed by atoms with E-state index in [9.17, 15) is 17.6 Å². The van der Waals surface area contributed by atoms with Crippen LogP contribution >= 0.6 is 0 Å². The zero-order valence-electron chi connectivity index (χ0n) is 14.8. The second kappa shape index (κ2) is 8.18. The van der Waals surface area contributed by atoms with Crippen LogP contribution in [0.2, 0.25) is 0 Å². The van der Waals surface area contributed by atoms with Gasteiger partial charge in [-0.15, -0.1) is 0 Å². The maximum absolute atomic E-state index is 12.9. The Balaban J connectivity index is 2.17. The van der Waals surface area contributed by atoms with Gasteiger partial charge >= 0.3 is 0 Å². The molecule has 0 fully saturated rings. The number of halogens is 1. The molecule has 0 aromatic heterocycles. The first kappa shape index (κ1) is 19.7. The number of hydrogen-bond donors (Lipinski definition) is 1. The second-order valence-electron chi connectivity index (χ2n) is 5.85. The molecule has 1 amide bonds. The molecular weight excluding hydrogens is 359 g/mol. The van der Waals surface area contributed by atoms with Crippen LogP contribution in [0.5, 0.6) is 5.75 Å². The zero-order chi connectivity index (χ0) is 19.3. The summed E-state index contributed by atoms with van der Waals surface area (Å²) in [6, 6.07) is 10.8. The topological polar surface area (TPSA) is 75.7 Å². The van der Waals surface area contributed by atoms with Crippen molar-refractivity contribution in [2.45, 2.75) is 13.5 Å². The van der Waals surface area contributed by atoms with Crippen molar-refractivity contribution in [1.82, 2.24) is 5.32 Å². The molecule has 0 atom stereocenters. The summed E-state index contributed by atoms with van der Waals surface area (Å²) in [5.41, 5.74) is 1.84. The largest absolute Gasteiger partial charge is 0.495 e. The van der Waals surface area contributed by atoms with Crippen molar-refractivity contribution < 1.29 is 22.3 Å². The summed E-state index contributed by atoms with van der Waals surface area (Å²) >= 11 is 0. The minimum absolute atomic E-state index is 0.168. The third-order valence-corrected chi connectivity index (χ3v) is 4.82. The quantitative estimate of drug-likeness (QED) is 0.799. The molecule has 0 aliphatic carbocycles. The Hall–Kier alpha value is -2.61. The molecule has 0 radical (unpaired) electrons. The lowest BCUT2D eigenvalue weighted by Crippen LogP contribution is -2.40. The summed E-state index contributed by atoms with van der Waals surface area (Å²) in [7, 11) is -2.27. The summed E-state index contributed by atoms with van der Waals surface area (Å²) in [5.74, 6) is -0.495. The molecule has 0 aliphatic rings. The van der Waals surface area contributed by atoms with Gasteiger partial charge in [-0.05, 0) is 42.3 Å². The van der Waals surface area contributed by atoms with Crippen LogP contribution in [0.15, 0.2) is 42.5 Å². The van der Waals surface area contributed by atoms with E-state index in [1.807, 2.05) is 6.92 Å². The van der Waals surface area contributed by atoms with E-state index in [1.54, 1.807) is 30.3 Å². The molecule has 2 aromatic carbocycles. The first-order chi connectivity index (χ1) is 12.2. The first-order valence-corrected chi connectivity index (χ1v) is 9.69. The number of carbonyl (C=O) groups is 1. The van der Waals surface area contributed by atoms with E-state index in [1.165, 1.54) is 19.2 Å². The van der Waals surface area contributed by atoms with Crippen molar-refractivity contribution in [2.75, 3.05) is 24.2 Å². The lowest BCUT2D eigenvalue weighted by molar-refractivity contribution is -0.119. The molecule has 26 heavy (non-hydrogen) atoms. The summed E-state index contributed by atoms with van der Waals surface area (Å²) < 4.78 is 43.5. The normalized spacial score (nSPS) is 11.1. The van der Waals surface area contributed by atoms with Crippen LogP contribution < -0.4 is 14.4 Å². The Morgan fingerprint density at radius 1 is 1.19 bits per heavy atom.